The second kappa shape index (κ2) is 9.36. The van der Waals surface area contributed by atoms with Gasteiger partial charge in [0.05, 0.1) is 18.9 Å². The molecule has 0 radical (unpaired) electrons. The lowest BCUT2D eigenvalue weighted by Crippen LogP contribution is -2.08. The van der Waals surface area contributed by atoms with Gasteiger partial charge in [0.2, 0.25) is 0 Å². The first-order valence-corrected chi connectivity index (χ1v) is 8.41. The third kappa shape index (κ3) is 5.44. The molecule has 5 N–H and O–H groups in total. The van der Waals surface area contributed by atoms with E-state index in [9.17, 15) is 9.90 Å². The molecule has 0 aliphatic carbocycles. The molecule has 26 heavy (non-hydrogen) atoms. The molecule has 1 unspecified atom stereocenters. The van der Waals surface area contributed by atoms with Crippen LogP contribution in [-0.4, -0.2) is 23.5 Å². The second-order valence-corrected chi connectivity index (χ2v) is 6.25. The van der Waals surface area contributed by atoms with Crippen LogP contribution < -0.4 is 11.7 Å². The molecule has 0 saturated carbocycles. The average molecular weight is 352 g/mol. The Labute approximate surface area is 153 Å². The minimum Gasteiger partial charge on any atom is -0.481 e. The molecular formula is C20H24N4O2. The Hall–Kier alpha value is -3.15. The smallest absolute Gasteiger partial charge is 0.303 e. The monoisotopic (exact) mass is 352 g/mol. The maximum atomic E-state index is 11.3. The number of benzene rings is 2. The van der Waals surface area contributed by atoms with E-state index in [0.717, 1.165) is 35.1 Å². The van der Waals surface area contributed by atoms with Gasteiger partial charge in [0.1, 0.15) is 0 Å². The average Bonchev–Trinajstić information content (AvgIpc) is 2.60. The van der Waals surface area contributed by atoms with Crippen molar-refractivity contribution in [2.45, 2.75) is 32.1 Å². The van der Waals surface area contributed by atoms with E-state index in [1.807, 2.05) is 49.4 Å². The van der Waals surface area contributed by atoms with E-state index in [0.29, 0.717) is 0 Å². The van der Waals surface area contributed by atoms with Crippen LogP contribution in [0.25, 0.3) is 0 Å². The van der Waals surface area contributed by atoms with Crippen molar-refractivity contribution >= 4 is 18.4 Å². The van der Waals surface area contributed by atoms with E-state index in [2.05, 4.69) is 10.2 Å². The third-order valence-corrected chi connectivity index (χ3v) is 4.38. The fourth-order valence-electron chi connectivity index (χ4n) is 3.07. The van der Waals surface area contributed by atoms with Gasteiger partial charge in [-0.05, 0) is 59.6 Å². The van der Waals surface area contributed by atoms with Crippen molar-refractivity contribution in [3.05, 3.63) is 70.3 Å². The largest absolute Gasteiger partial charge is 0.481 e. The Morgan fingerprint density at radius 3 is 2.42 bits per heavy atom. The summed E-state index contributed by atoms with van der Waals surface area (Å²) >= 11 is 0. The van der Waals surface area contributed by atoms with Crippen LogP contribution in [0.4, 0.5) is 0 Å². The number of hydrogen-bond acceptors (Lipinski definition) is 5. The number of aliphatic carboxylic acids is 1. The van der Waals surface area contributed by atoms with E-state index in [1.54, 1.807) is 12.4 Å². The lowest BCUT2D eigenvalue weighted by molar-refractivity contribution is -0.137. The first-order valence-electron chi connectivity index (χ1n) is 8.41. The Morgan fingerprint density at radius 1 is 1.12 bits per heavy atom. The fraction of sp³-hybridized carbons (Fsp3) is 0.250. The van der Waals surface area contributed by atoms with Crippen LogP contribution in [0.3, 0.4) is 0 Å². The highest BCUT2D eigenvalue weighted by atomic mass is 16.4. The van der Waals surface area contributed by atoms with Crippen LogP contribution in [0.5, 0.6) is 0 Å². The lowest BCUT2D eigenvalue weighted by atomic mass is 9.88. The number of nitrogens with two attached hydrogens (primary N) is 2. The highest BCUT2D eigenvalue weighted by Gasteiger charge is 2.16. The summed E-state index contributed by atoms with van der Waals surface area (Å²) in [4.78, 5) is 11.3. The predicted molar refractivity (Wildman–Crippen MR) is 104 cm³/mol. The molecule has 0 fully saturated rings. The molecule has 0 spiro atoms. The number of aryl methyl sites for hydroxylation is 2. The molecule has 0 heterocycles. The van der Waals surface area contributed by atoms with Crippen molar-refractivity contribution in [1.29, 1.82) is 0 Å². The zero-order valence-electron chi connectivity index (χ0n) is 14.8. The zero-order chi connectivity index (χ0) is 18.9. The number of nitrogens with zero attached hydrogens (tertiary/aromatic N) is 2. The standard InChI is InChI=1S/C20H24N4O2/c1-14-9-16(13-24-22)5-6-17(14)7-8-19(11-20(25)26)18-4-2-3-15(10-18)12-23-21/h2-6,9-10,12-13,19H,7-8,11,21-22H2,1H3,(H,25,26). The molecule has 0 aliphatic heterocycles. The summed E-state index contributed by atoms with van der Waals surface area (Å²) in [6.45, 7) is 2.04. The van der Waals surface area contributed by atoms with E-state index >= 15 is 0 Å². The number of hydrazone groups is 2. The van der Waals surface area contributed by atoms with E-state index in [4.69, 9.17) is 11.7 Å². The minimum absolute atomic E-state index is 0.0803. The van der Waals surface area contributed by atoms with Crippen LogP contribution in [0.2, 0.25) is 0 Å². The minimum atomic E-state index is -0.806. The molecule has 0 amide bonds. The summed E-state index contributed by atoms with van der Waals surface area (Å²) in [5, 5.41) is 16.4. The van der Waals surface area contributed by atoms with Gasteiger partial charge in [0.25, 0.3) is 0 Å². The third-order valence-electron chi connectivity index (χ3n) is 4.38. The molecule has 0 bridgehead atoms. The van der Waals surface area contributed by atoms with Gasteiger partial charge < -0.3 is 16.8 Å². The molecule has 1 atom stereocenters. The van der Waals surface area contributed by atoms with E-state index in [1.165, 1.54) is 5.56 Å². The van der Waals surface area contributed by atoms with Gasteiger partial charge in [0.15, 0.2) is 0 Å². The van der Waals surface area contributed by atoms with Gasteiger partial charge in [-0.1, -0.05) is 36.4 Å². The van der Waals surface area contributed by atoms with Gasteiger partial charge in [-0.2, -0.15) is 10.2 Å². The Bertz CT molecular complexity index is 815. The molecule has 0 aromatic heterocycles. The Kier molecular flexibility index (Phi) is 6.91. The SMILES string of the molecule is Cc1cc(C=NN)ccc1CCC(CC(=O)O)c1cccc(C=NN)c1. The number of carbonyl (C=O) groups is 1. The van der Waals surface area contributed by atoms with Crippen molar-refractivity contribution in [3.8, 4) is 0 Å². The van der Waals surface area contributed by atoms with Crippen molar-refractivity contribution in [3.63, 3.8) is 0 Å². The molecular weight excluding hydrogens is 328 g/mol. The van der Waals surface area contributed by atoms with Crippen LogP contribution in [0, 0.1) is 6.92 Å². The fourth-order valence-corrected chi connectivity index (χ4v) is 3.07. The molecule has 2 aromatic carbocycles. The van der Waals surface area contributed by atoms with Crippen molar-refractivity contribution in [1.82, 2.24) is 0 Å². The summed E-state index contributed by atoms with van der Waals surface area (Å²) in [5.74, 6) is 9.51. The van der Waals surface area contributed by atoms with Crippen molar-refractivity contribution in [2.24, 2.45) is 21.9 Å². The molecule has 6 nitrogen and oxygen atoms in total. The highest BCUT2D eigenvalue weighted by Crippen LogP contribution is 2.27. The second-order valence-electron chi connectivity index (χ2n) is 6.25. The van der Waals surface area contributed by atoms with Crippen LogP contribution in [0.15, 0.2) is 52.7 Å². The van der Waals surface area contributed by atoms with E-state index < -0.39 is 5.97 Å². The first-order chi connectivity index (χ1) is 12.5. The summed E-state index contributed by atoms with van der Waals surface area (Å²) < 4.78 is 0. The van der Waals surface area contributed by atoms with E-state index in [-0.39, 0.29) is 12.3 Å². The first kappa shape index (κ1) is 19.2. The van der Waals surface area contributed by atoms with Crippen LogP contribution in [-0.2, 0) is 11.2 Å². The normalized spacial score (nSPS) is 12.7. The van der Waals surface area contributed by atoms with Crippen LogP contribution >= 0.6 is 0 Å². The van der Waals surface area contributed by atoms with Gasteiger partial charge in [-0.25, -0.2) is 0 Å². The van der Waals surface area contributed by atoms with Crippen LogP contribution in [0.1, 0.15) is 46.6 Å². The number of carboxylic acid groups (broad SMARTS) is 1. The Morgan fingerprint density at radius 2 is 1.81 bits per heavy atom. The number of hydrogen-bond donors (Lipinski definition) is 3. The zero-order valence-corrected chi connectivity index (χ0v) is 14.8. The van der Waals surface area contributed by atoms with Crippen molar-refractivity contribution in [2.75, 3.05) is 0 Å². The molecule has 0 saturated heterocycles. The Balaban J connectivity index is 2.18. The summed E-state index contributed by atoms with van der Waals surface area (Å²) in [6.07, 6.45) is 4.78. The molecule has 6 heteroatoms. The van der Waals surface area contributed by atoms with Gasteiger partial charge in [-0.15, -0.1) is 0 Å². The maximum absolute atomic E-state index is 11.3. The summed E-state index contributed by atoms with van der Waals surface area (Å²) in [5.41, 5.74) is 5.12. The molecule has 136 valence electrons. The van der Waals surface area contributed by atoms with Crippen molar-refractivity contribution < 1.29 is 9.90 Å². The quantitative estimate of drug-likeness (QED) is 0.385. The van der Waals surface area contributed by atoms with Gasteiger partial charge in [-0.3, -0.25) is 4.79 Å². The predicted octanol–water partition coefficient (Wildman–Crippen LogP) is 2.77. The highest BCUT2D eigenvalue weighted by molar-refractivity contribution is 5.80. The summed E-state index contributed by atoms with van der Waals surface area (Å²) in [7, 11) is 0. The lowest BCUT2D eigenvalue weighted by Gasteiger charge is -2.17. The summed E-state index contributed by atoms with van der Waals surface area (Å²) in [6, 6.07) is 13.7. The molecule has 0 aliphatic rings. The number of rotatable bonds is 8. The topological polar surface area (TPSA) is 114 Å². The van der Waals surface area contributed by atoms with Gasteiger partial charge in [0, 0.05) is 0 Å². The number of carboxylic acids is 1. The maximum Gasteiger partial charge on any atom is 0.303 e. The van der Waals surface area contributed by atoms with Gasteiger partial charge >= 0.3 is 5.97 Å². The molecule has 2 aromatic rings. The molecule has 2 rings (SSSR count).